The number of carbonyl (C=O) groups is 1. The largest absolute Gasteiger partial charge is 0.381 e. The second-order valence-electron chi connectivity index (χ2n) is 6.96. The molecule has 0 saturated carbocycles. The van der Waals surface area contributed by atoms with Crippen molar-refractivity contribution < 1.29 is 4.79 Å². The topological polar surface area (TPSA) is 35.6 Å². The minimum Gasteiger partial charge on any atom is -0.381 e. The van der Waals surface area contributed by atoms with E-state index in [1.165, 1.54) is 24.8 Å². The summed E-state index contributed by atoms with van der Waals surface area (Å²) in [4.78, 5) is 16.5. The van der Waals surface area contributed by atoms with Crippen LogP contribution >= 0.6 is 0 Å². The number of rotatable bonds is 7. The van der Waals surface area contributed by atoms with E-state index in [-0.39, 0.29) is 5.91 Å². The zero-order chi connectivity index (χ0) is 18.2. The van der Waals surface area contributed by atoms with Gasteiger partial charge in [0.1, 0.15) is 0 Å². The summed E-state index contributed by atoms with van der Waals surface area (Å²) in [5, 5.41) is 3.43. The van der Waals surface area contributed by atoms with E-state index in [0.29, 0.717) is 0 Å². The summed E-state index contributed by atoms with van der Waals surface area (Å²) in [5.41, 5.74) is 3.29. The molecule has 1 aliphatic rings. The molecular weight excluding hydrogens is 322 g/mol. The molecule has 1 saturated heterocycles. The second kappa shape index (κ2) is 9.39. The Morgan fingerprint density at radius 2 is 1.69 bits per heavy atom. The summed E-state index contributed by atoms with van der Waals surface area (Å²) in [6.07, 6.45) is 3.90. The van der Waals surface area contributed by atoms with Gasteiger partial charge in [0.2, 0.25) is 5.91 Å². The summed E-state index contributed by atoms with van der Waals surface area (Å²) in [6, 6.07) is 18.5. The van der Waals surface area contributed by atoms with Crippen molar-refractivity contribution in [1.29, 1.82) is 0 Å². The minimum atomic E-state index is 0.104. The van der Waals surface area contributed by atoms with Crippen LogP contribution in [0.2, 0.25) is 0 Å². The van der Waals surface area contributed by atoms with Gasteiger partial charge in [-0.1, -0.05) is 36.8 Å². The molecule has 0 aliphatic carbocycles. The van der Waals surface area contributed by atoms with Gasteiger partial charge in [0.05, 0.1) is 0 Å². The van der Waals surface area contributed by atoms with Crippen molar-refractivity contribution in [2.75, 3.05) is 36.4 Å². The fourth-order valence-electron chi connectivity index (χ4n) is 3.45. The average molecular weight is 351 g/mol. The zero-order valence-corrected chi connectivity index (χ0v) is 15.7. The first kappa shape index (κ1) is 18.5. The molecule has 0 atom stereocenters. The van der Waals surface area contributed by atoms with E-state index < -0.39 is 0 Å². The van der Waals surface area contributed by atoms with E-state index in [9.17, 15) is 4.79 Å². The molecule has 138 valence electrons. The Morgan fingerprint density at radius 1 is 1.00 bits per heavy atom. The Morgan fingerprint density at radius 3 is 2.35 bits per heavy atom. The molecule has 1 fully saturated rings. The van der Waals surface area contributed by atoms with Gasteiger partial charge in [0, 0.05) is 37.9 Å². The van der Waals surface area contributed by atoms with Crippen LogP contribution in [0.15, 0.2) is 54.6 Å². The molecule has 1 heterocycles. The van der Waals surface area contributed by atoms with Crippen LogP contribution in [0.5, 0.6) is 0 Å². The number of nitrogens with one attached hydrogen (secondary N) is 1. The van der Waals surface area contributed by atoms with Crippen LogP contribution < -0.4 is 10.2 Å². The molecule has 4 heteroatoms. The third kappa shape index (κ3) is 5.33. The lowest BCUT2D eigenvalue weighted by Gasteiger charge is -2.29. The van der Waals surface area contributed by atoms with E-state index in [1.54, 1.807) is 6.92 Å². The lowest BCUT2D eigenvalue weighted by atomic mass is 10.1. The van der Waals surface area contributed by atoms with Gasteiger partial charge in [-0.05, 0) is 55.8 Å². The maximum Gasteiger partial charge on any atom is 0.223 e. The maximum atomic E-state index is 12.1. The molecule has 3 rings (SSSR count). The number of anilines is 2. The Kier molecular flexibility index (Phi) is 6.67. The number of carbonyl (C=O) groups excluding carboxylic acids is 1. The van der Waals surface area contributed by atoms with Gasteiger partial charge in [0.15, 0.2) is 0 Å². The Labute approximate surface area is 156 Å². The number of piperidine rings is 1. The van der Waals surface area contributed by atoms with Crippen molar-refractivity contribution in [1.82, 2.24) is 4.90 Å². The van der Waals surface area contributed by atoms with Gasteiger partial charge in [0.25, 0.3) is 0 Å². The van der Waals surface area contributed by atoms with E-state index >= 15 is 0 Å². The lowest BCUT2D eigenvalue weighted by molar-refractivity contribution is -0.116. The van der Waals surface area contributed by atoms with E-state index in [1.807, 2.05) is 35.2 Å². The maximum absolute atomic E-state index is 12.1. The summed E-state index contributed by atoms with van der Waals surface area (Å²) in [6.45, 7) is 6.48. The second-order valence-corrected chi connectivity index (χ2v) is 6.96. The van der Waals surface area contributed by atoms with Crippen molar-refractivity contribution in [3.63, 3.8) is 0 Å². The van der Waals surface area contributed by atoms with Gasteiger partial charge < -0.3 is 15.1 Å². The number of nitrogens with zero attached hydrogens (tertiary/aromatic N) is 2. The smallest absolute Gasteiger partial charge is 0.223 e. The van der Waals surface area contributed by atoms with Crippen LogP contribution in [-0.2, 0) is 11.3 Å². The quantitative estimate of drug-likeness (QED) is 0.814. The van der Waals surface area contributed by atoms with Gasteiger partial charge in [-0.15, -0.1) is 0 Å². The number of amides is 1. The predicted octanol–water partition coefficient (Wildman–Crippen LogP) is 4.14. The fraction of sp³-hybridized carbons (Fsp3) is 0.409. The van der Waals surface area contributed by atoms with Crippen LogP contribution in [0.1, 0.15) is 31.7 Å². The minimum absolute atomic E-state index is 0.104. The van der Waals surface area contributed by atoms with Gasteiger partial charge >= 0.3 is 0 Å². The van der Waals surface area contributed by atoms with Gasteiger partial charge in [-0.2, -0.15) is 0 Å². The molecule has 4 nitrogen and oxygen atoms in total. The first-order valence-electron chi connectivity index (χ1n) is 9.61. The molecular formula is C22H29N3O. The fourth-order valence-corrected chi connectivity index (χ4v) is 3.45. The standard InChI is InChI=1S/C22H29N3O/c1-19(26)25(17-16-24-14-6-3-7-15-24)22-12-10-21(11-13-22)23-18-20-8-4-2-5-9-20/h2,4-5,8-13,23H,3,6-7,14-18H2,1H3. The Bertz CT molecular complexity index is 678. The van der Waals surface area contributed by atoms with Crippen LogP contribution in [0.3, 0.4) is 0 Å². The van der Waals surface area contributed by atoms with Crippen molar-refractivity contribution in [3.8, 4) is 0 Å². The summed E-state index contributed by atoms with van der Waals surface area (Å²) < 4.78 is 0. The normalized spacial score (nSPS) is 14.8. The van der Waals surface area contributed by atoms with Crippen LogP contribution in [0.4, 0.5) is 11.4 Å². The molecule has 0 spiro atoms. The first-order valence-corrected chi connectivity index (χ1v) is 9.61. The van der Waals surface area contributed by atoms with E-state index in [4.69, 9.17) is 0 Å². The SMILES string of the molecule is CC(=O)N(CCN1CCCCC1)c1ccc(NCc2ccccc2)cc1. The molecule has 1 aliphatic heterocycles. The van der Waals surface area contributed by atoms with E-state index in [2.05, 4.69) is 34.5 Å². The third-order valence-electron chi connectivity index (χ3n) is 4.99. The van der Waals surface area contributed by atoms with Gasteiger partial charge in [-0.3, -0.25) is 4.79 Å². The number of likely N-dealkylation sites (tertiary alicyclic amines) is 1. The zero-order valence-electron chi connectivity index (χ0n) is 15.7. The molecule has 2 aromatic rings. The summed E-state index contributed by atoms with van der Waals surface area (Å²) in [7, 11) is 0. The van der Waals surface area contributed by atoms with Crippen LogP contribution in [0, 0.1) is 0 Å². The molecule has 26 heavy (non-hydrogen) atoms. The highest BCUT2D eigenvalue weighted by Crippen LogP contribution is 2.19. The molecule has 0 unspecified atom stereocenters. The highest BCUT2D eigenvalue weighted by atomic mass is 16.2. The Balaban J connectivity index is 1.56. The molecule has 0 bridgehead atoms. The summed E-state index contributed by atoms with van der Waals surface area (Å²) >= 11 is 0. The van der Waals surface area contributed by atoms with Gasteiger partial charge in [-0.25, -0.2) is 0 Å². The number of benzene rings is 2. The monoisotopic (exact) mass is 351 g/mol. The molecule has 0 aromatic heterocycles. The average Bonchev–Trinajstić information content (AvgIpc) is 2.69. The number of hydrogen-bond acceptors (Lipinski definition) is 3. The van der Waals surface area contributed by atoms with Crippen molar-refractivity contribution >= 4 is 17.3 Å². The lowest BCUT2D eigenvalue weighted by Crippen LogP contribution is -2.39. The highest BCUT2D eigenvalue weighted by molar-refractivity contribution is 5.91. The predicted molar refractivity (Wildman–Crippen MR) is 109 cm³/mol. The summed E-state index contributed by atoms with van der Waals surface area (Å²) in [5.74, 6) is 0.104. The molecule has 2 aromatic carbocycles. The van der Waals surface area contributed by atoms with E-state index in [0.717, 1.165) is 44.1 Å². The Hall–Kier alpha value is -2.33. The highest BCUT2D eigenvalue weighted by Gasteiger charge is 2.15. The number of hydrogen-bond donors (Lipinski definition) is 1. The van der Waals surface area contributed by atoms with Crippen LogP contribution in [-0.4, -0.2) is 37.0 Å². The molecule has 1 N–H and O–H groups in total. The molecule has 1 amide bonds. The van der Waals surface area contributed by atoms with Crippen LogP contribution in [0.25, 0.3) is 0 Å². The first-order chi connectivity index (χ1) is 12.7. The van der Waals surface area contributed by atoms with Crippen molar-refractivity contribution in [3.05, 3.63) is 60.2 Å². The third-order valence-corrected chi connectivity index (χ3v) is 4.99. The van der Waals surface area contributed by atoms with Crippen molar-refractivity contribution in [2.45, 2.75) is 32.7 Å². The molecule has 0 radical (unpaired) electrons. The van der Waals surface area contributed by atoms with Crippen molar-refractivity contribution in [2.24, 2.45) is 0 Å².